The minimum Gasteiger partial charge on any atom is -0.387 e. The van der Waals surface area contributed by atoms with Crippen LogP contribution in [-0.2, 0) is 18.0 Å². The second kappa shape index (κ2) is 5.22. The average Bonchev–Trinajstić information content (AvgIpc) is 2.77. The van der Waals surface area contributed by atoms with Crippen LogP contribution in [0.15, 0.2) is 6.20 Å². The smallest absolute Gasteiger partial charge is 0.387 e. The fourth-order valence-corrected chi connectivity index (χ4v) is 2.58. The Bertz CT molecular complexity index is 651. The maximum Gasteiger partial charge on any atom is 0.435 e. The average molecular weight is 334 g/mol. The van der Waals surface area contributed by atoms with Gasteiger partial charge in [-0.1, -0.05) is 0 Å². The van der Waals surface area contributed by atoms with Crippen LogP contribution >= 0.6 is 0 Å². The molecule has 0 aromatic carbocycles. The van der Waals surface area contributed by atoms with E-state index in [1.807, 2.05) is 0 Å². The number of carbonyl (C=O) groups is 2. The molecule has 1 aliphatic rings. The monoisotopic (exact) mass is 334 g/mol. The van der Waals surface area contributed by atoms with E-state index in [0.29, 0.717) is 6.42 Å². The molecule has 0 aliphatic heterocycles. The van der Waals surface area contributed by atoms with Crippen molar-refractivity contribution in [2.75, 3.05) is 0 Å². The van der Waals surface area contributed by atoms with Gasteiger partial charge in [-0.25, -0.2) is 0 Å². The zero-order chi connectivity index (χ0) is 17.6. The van der Waals surface area contributed by atoms with E-state index in [1.54, 1.807) is 0 Å². The molecular weight excluding hydrogens is 317 g/mol. The summed E-state index contributed by atoms with van der Waals surface area (Å²) >= 11 is 0. The van der Waals surface area contributed by atoms with Crippen LogP contribution in [0.25, 0.3) is 0 Å². The van der Waals surface area contributed by atoms with Crippen molar-refractivity contribution in [2.24, 2.45) is 12.8 Å². The number of hydrogen-bond acceptors (Lipinski definition) is 4. The van der Waals surface area contributed by atoms with Gasteiger partial charge in [0.25, 0.3) is 5.91 Å². The Balaban J connectivity index is 2.36. The first-order valence-electron chi connectivity index (χ1n) is 6.86. The molecule has 10 heteroatoms. The number of amides is 2. The highest BCUT2D eigenvalue weighted by molar-refractivity contribution is 6.00. The first-order valence-corrected chi connectivity index (χ1v) is 6.86. The Kier molecular flexibility index (Phi) is 3.92. The van der Waals surface area contributed by atoms with Crippen LogP contribution in [-0.4, -0.2) is 37.8 Å². The second-order valence-electron chi connectivity index (χ2n) is 5.89. The largest absolute Gasteiger partial charge is 0.435 e. The molecule has 0 spiro atoms. The molecule has 7 nitrogen and oxygen atoms in total. The Morgan fingerprint density at radius 2 is 2.00 bits per heavy atom. The van der Waals surface area contributed by atoms with Crippen molar-refractivity contribution in [3.8, 4) is 0 Å². The molecule has 1 unspecified atom stereocenters. The molecule has 2 amide bonds. The van der Waals surface area contributed by atoms with Crippen LogP contribution in [0.3, 0.4) is 0 Å². The first kappa shape index (κ1) is 17.3. The molecule has 23 heavy (non-hydrogen) atoms. The van der Waals surface area contributed by atoms with Gasteiger partial charge in [-0.15, -0.1) is 0 Å². The number of aryl methyl sites for hydroxylation is 1. The van der Waals surface area contributed by atoms with E-state index >= 15 is 0 Å². The van der Waals surface area contributed by atoms with Gasteiger partial charge in [0.05, 0.1) is 11.2 Å². The lowest BCUT2D eigenvalue weighted by Gasteiger charge is -2.48. The molecule has 1 fully saturated rings. The lowest BCUT2D eigenvalue weighted by atomic mass is 9.66. The van der Waals surface area contributed by atoms with Gasteiger partial charge in [-0.05, 0) is 26.2 Å². The number of alkyl halides is 3. The molecule has 0 bridgehead atoms. The van der Waals surface area contributed by atoms with Crippen molar-refractivity contribution in [1.29, 1.82) is 0 Å². The summed E-state index contributed by atoms with van der Waals surface area (Å²) in [5.41, 5.74) is -0.294. The van der Waals surface area contributed by atoms with Gasteiger partial charge in [-0.2, -0.15) is 18.3 Å². The first-order chi connectivity index (χ1) is 10.4. The van der Waals surface area contributed by atoms with Crippen molar-refractivity contribution in [1.82, 2.24) is 15.1 Å². The molecule has 128 valence electrons. The summed E-state index contributed by atoms with van der Waals surface area (Å²) in [6.45, 7) is 1.20. The molecule has 1 heterocycles. The predicted octanol–water partition coefficient (Wildman–Crippen LogP) is 0.328. The summed E-state index contributed by atoms with van der Waals surface area (Å²) in [5.74, 6) is -2.20. The minimum atomic E-state index is -4.83. The second-order valence-corrected chi connectivity index (χ2v) is 5.89. The van der Waals surface area contributed by atoms with Crippen LogP contribution in [0.1, 0.15) is 42.2 Å². The number of nitrogens with two attached hydrogens (primary N) is 1. The third kappa shape index (κ3) is 2.78. The predicted molar refractivity (Wildman–Crippen MR) is 72.1 cm³/mol. The molecule has 4 N–H and O–H groups in total. The number of carbonyl (C=O) groups excluding carboxylic acids is 2. The van der Waals surface area contributed by atoms with Crippen molar-refractivity contribution in [3.63, 3.8) is 0 Å². The minimum absolute atomic E-state index is 0.214. The molecule has 0 saturated heterocycles. The summed E-state index contributed by atoms with van der Waals surface area (Å²) < 4.78 is 39.6. The number of aliphatic hydroxyl groups is 1. The third-order valence-corrected chi connectivity index (χ3v) is 4.31. The summed E-state index contributed by atoms with van der Waals surface area (Å²) in [5, 5.41) is 15.8. The third-order valence-electron chi connectivity index (χ3n) is 4.31. The summed E-state index contributed by atoms with van der Waals surface area (Å²) in [6, 6.07) is 0. The lowest BCUT2D eigenvalue weighted by molar-refractivity contribution is -0.146. The van der Waals surface area contributed by atoms with Crippen molar-refractivity contribution in [2.45, 2.75) is 43.5 Å². The Morgan fingerprint density at radius 1 is 1.43 bits per heavy atom. The van der Waals surface area contributed by atoms with E-state index in [-0.39, 0.29) is 12.8 Å². The molecular formula is C13H17F3N4O3. The maximum absolute atomic E-state index is 12.9. The van der Waals surface area contributed by atoms with Crippen LogP contribution in [0, 0.1) is 0 Å². The van der Waals surface area contributed by atoms with Crippen LogP contribution in [0.4, 0.5) is 13.2 Å². The Morgan fingerprint density at radius 3 is 2.39 bits per heavy atom. The van der Waals surface area contributed by atoms with Crippen LogP contribution < -0.4 is 11.1 Å². The Hall–Kier alpha value is -2.10. The normalized spacial score (nSPS) is 19.6. The number of nitrogens with zero attached hydrogens (tertiary/aromatic N) is 2. The van der Waals surface area contributed by atoms with Crippen LogP contribution in [0.5, 0.6) is 0 Å². The van der Waals surface area contributed by atoms with Gasteiger partial charge < -0.3 is 16.2 Å². The van der Waals surface area contributed by atoms with E-state index in [2.05, 4.69) is 10.4 Å². The van der Waals surface area contributed by atoms with Crippen molar-refractivity contribution >= 4 is 11.8 Å². The van der Waals surface area contributed by atoms with Gasteiger partial charge in [0.1, 0.15) is 5.54 Å². The highest BCUT2D eigenvalue weighted by Gasteiger charge is 2.56. The van der Waals surface area contributed by atoms with Crippen molar-refractivity contribution < 1.29 is 27.9 Å². The quantitative estimate of drug-likeness (QED) is 0.737. The molecule has 1 aromatic heterocycles. The highest BCUT2D eigenvalue weighted by atomic mass is 19.4. The number of halogens is 3. The SMILES string of the molecule is Cn1cc(C(=O)NC(C)(C(N)=O)C2(O)CCC2)c(C(F)(F)F)n1. The number of rotatable bonds is 4. The van der Waals surface area contributed by atoms with Gasteiger partial charge in [0.2, 0.25) is 5.91 Å². The van der Waals surface area contributed by atoms with Crippen molar-refractivity contribution in [3.05, 3.63) is 17.5 Å². The summed E-state index contributed by atoms with van der Waals surface area (Å²) in [6.07, 6.45) is -2.89. The number of hydrogen-bond donors (Lipinski definition) is 3. The van der Waals surface area contributed by atoms with E-state index < -0.39 is 40.4 Å². The Labute approximate surface area is 129 Å². The summed E-state index contributed by atoms with van der Waals surface area (Å²) in [7, 11) is 1.23. The number of primary amides is 1. The van der Waals surface area contributed by atoms with Gasteiger partial charge in [-0.3, -0.25) is 14.3 Å². The zero-order valence-electron chi connectivity index (χ0n) is 12.6. The topological polar surface area (TPSA) is 110 Å². The number of nitrogens with one attached hydrogen (secondary N) is 1. The molecule has 1 aliphatic carbocycles. The molecule has 1 atom stereocenters. The summed E-state index contributed by atoms with van der Waals surface area (Å²) in [4.78, 5) is 24.0. The maximum atomic E-state index is 12.9. The lowest BCUT2D eigenvalue weighted by Crippen LogP contribution is -2.71. The standard InChI is InChI=1S/C13H17F3N4O3/c1-11(10(17)22,12(23)4-3-5-12)18-9(21)7-6-20(2)19-8(7)13(14,15)16/h6,23H,3-5H2,1-2H3,(H2,17,22)(H,18,21). The molecule has 0 radical (unpaired) electrons. The van der Waals surface area contributed by atoms with E-state index in [4.69, 9.17) is 5.73 Å². The zero-order valence-corrected chi connectivity index (χ0v) is 12.6. The highest BCUT2D eigenvalue weighted by Crippen LogP contribution is 2.41. The van der Waals surface area contributed by atoms with E-state index in [9.17, 15) is 27.9 Å². The van der Waals surface area contributed by atoms with E-state index in [1.165, 1.54) is 14.0 Å². The van der Waals surface area contributed by atoms with Gasteiger partial charge in [0, 0.05) is 13.2 Å². The number of aromatic nitrogens is 2. The molecule has 1 saturated carbocycles. The van der Waals surface area contributed by atoms with Gasteiger partial charge in [0.15, 0.2) is 5.69 Å². The molecule has 1 aromatic rings. The fourth-order valence-electron chi connectivity index (χ4n) is 2.58. The van der Waals surface area contributed by atoms with Gasteiger partial charge >= 0.3 is 6.18 Å². The fraction of sp³-hybridized carbons (Fsp3) is 0.615. The molecule has 2 rings (SSSR count). The van der Waals surface area contributed by atoms with Crippen LogP contribution in [0.2, 0.25) is 0 Å². The van der Waals surface area contributed by atoms with E-state index in [0.717, 1.165) is 10.9 Å².